The van der Waals surface area contributed by atoms with Crippen molar-refractivity contribution in [2.24, 2.45) is 0 Å². The van der Waals surface area contributed by atoms with Gasteiger partial charge in [0.2, 0.25) is 5.91 Å². The highest BCUT2D eigenvalue weighted by Crippen LogP contribution is 2.28. The molecule has 2 aromatic rings. The number of carbonyl (C=O) groups is 2. The van der Waals surface area contributed by atoms with Crippen LogP contribution in [-0.2, 0) is 4.79 Å². The number of rotatable bonds is 8. The second-order valence-electron chi connectivity index (χ2n) is 5.74. The topological polar surface area (TPSA) is 76.7 Å². The first-order valence-corrected chi connectivity index (χ1v) is 8.69. The molecule has 0 atom stereocenters. The van der Waals surface area contributed by atoms with Gasteiger partial charge in [0.15, 0.2) is 11.5 Å². The van der Waals surface area contributed by atoms with E-state index in [0.29, 0.717) is 29.4 Å². The second kappa shape index (κ2) is 10.0. The third kappa shape index (κ3) is 5.88. The summed E-state index contributed by atoms with van der Waals surface area (Å²) in [6.07, 6.45) is 4.02. The molecule has 6 nitrogen and oxygen atoms in total. The molecule has 2 rings (SSSR count). The maximum atomic E-state index is 12.1. The van der Waals surface area contributed by atoms with Gasteiger partial charge >= 0.3 is 0 Å². The fourth-order valence-electron chi connectivity index (χ4n) is 2.36. The maximum Gasteiger partial charge on any atom is 0.251 e. The summed E-state index contributed by atoms with van der Waals surface area (Å²) in [5, 5.41) is 5.29. The zero-order valence-electron chi connectivity index (χ0n) is 15.7. The molecule has 0 radical (unpaired) electrons. The van der Waals surface area contributed by atoms with Gasteiger partial charge in [-0.05, 0) is 48.4 Å². The molecule has 2 aromatic carbocycles. The smallest absolute Gasteiger partial charge is 0.251 e. The summed E-state index contributed by atoms with van der Waals surface area (Å²) >= 11 is 0. The molecule has 0 aromatic heterocycles. The number of anilines is 1. The number of nitrogens with one attached hydrogen (secondary N) is 2. The lowest BCUT2D eigenvalue weighted by atomic mass is 10.1. The van der Waals surface area contributed by atoms with E-state index in [0.717, 1.165) is 12.0 Å². The molecule has 0 fully saturated rings. The fraction of sp³-hybridized carbons (Fsp3) is 0.238. The number of amides is 2. The molecule has 0 unspecified atom stereocenters. The van der Waals surface area contributed by atoms with Crippen LogP contribution < -0.4 is 20.1 Å². The Morgan fingerprint density at radius 2 is 1.93 bits per heavy atom. The summed E-state index contributed by atoms with van der Waals surface area (Å²) in [6, 6.07) is 12.2. The van der Waals surface area contributed by atoms with Gasteiger partial charge in [0, 0.05) is 24.4 Å². The van der Waals surface area contributed by atoms with Gasteiger partial charge < -0.3 is 20.1 Å². The number of carbonyl (C=O) groups excluding carboxylic acids is 2. The van der Waals surface area contributed by atoms with E-state index in [-0.39, 0.29) is 11.8 Å². The van der Waals surface area contributed by atoms with Gasteiger partial charge in [-0.3, -0.25) is 9.59 Å². The van der Waals surface area contributed by atoms with Crippen LogP contribution >= 0.6 is 0 Å². The van der Waals surface area contributed by atoms with Crippen LogP contribution in [0.25, 0.3) is 6.08 Å². The quantitative estimate of drug-likeness (QED) is 0.699. The average molecular weight is 368 g/mol. The average Bonchev–Trinajstić information content (AvgIpc) is 2.70. The molecule has 0 saturated carbocycles. The maximum absolute atomic E-state index is 12.1. The summed E-state index contributed by atoms with van der Waals surface area (Å²) < 4.78 is 10.9. The van der Waals surface area contributed by atoms with Crippen molar-refractivity contribution in [2.75, 3.05) is 26.1 Å². The van der Waals surface area contributed by atoms with Crippen molar-refractivity contribution < 1.29 is 19.1 Å². The molecule has 0 spiro atoms. The van der Waals surface area contributed by atoms with Gasteiger partial charge in [0.1, 0.15) is 0 Å². The Kier molecular flexibility index (Phi) is 7.43. The van der Waals surface area contributed by atoms with Gasteiger partial charge in [-0.15, -0.1) is 0 Å². The van der Waals surface area contributed by atoms with Crippen molar-refractivity contribution in [3.05, 3.63) is 59.7 Å². The molecule has 2 amide bonds. The molecular formula is C21H24N2O4. The first kappa shape index (κ1) is 20.0. The van der Waals surface area contributed by atoms with Crippen molar-refractivity contribution in [1.29, 1.82) is 0 Å². The number of benzene rings is 2. The van der Waals surface area contributed by atoms with E-state index in [4.69, 9.17) is 9.47 Å². The molecule has 0 saturated heterocycles. The van der Waals surface area contributed by atoms with Crippen LogP contribution in [0.4, 0.5) is 5.69 Å². The molecule has 2 N–H and O–H groups in total. The third-order valence-corrected chi connectivity index (χ3v) is 3.70. The molecule has 0 aliphatic heterocycles. The van der Waals surface area contributed by atoms with E-state index in [9.17, 15) is 9.59 Å². The fourth-order valence-corrected chi connectivity index (χ4v) is 2.36. The SMILES string of the molecule is CCCOc1ccc(/C=C/C(=O)Nc2cccc(C(=O)NC)c2)cc1OC. The Morgan fingerprint density at radius 1 is 1.11 bits per heavy atom. The van der Waals surface area contributed by atoms with Crippen LogP contribution in [0.5, 0.6) is 11.5 Å². The number of hydrogen-bond acceptors (Lipinski definition) is 4. The largest absolute Gasteiger partial charge is 0.493 e. The van der Waals surface area contributed by atoms with Crippen LogP contribution in [0.1, 0.15) is 29.3 Å². The zero-order chi connectivity index (χ0) is 19.6. The molecular weight excluding hydrogens is 344 g/mol. The van der Waals surface area contributed by atoms with Crippen molar-refractivity contribution in [3.8, 4) is 11.5 Å². The van der Waals surface area contributed by atoms with Gasteiger partial charge in [0.05, 0.1) is 13.7 Å². The normalized spacial score (nSPS) is 10.5. The van der Waals surface area contributed by atoms with Crippen molar-refractivity contribution in [3.63, 3.8) is 0 Å². The zero-order valence-corrected chi connectivity index (χ0v) is 15.7. The van der Waals surface area contributed by atoms with Crippen LogP contribution in [0, 0.1) is 0 Å². The van der Waals surface area contributed by atoms with Crippen molar-refractivity contribution in [1.82, 2.24) is 5.32 Å². The van der Waals surface area contributed by atoms with Crippen molar-refractivity contribution >= 4 is 23.6 Å². The highest BCUT2D eigenvalue weighted by Gasteiger charge is 2.06. The molecule has 6 heteroatoms. The van der Waals surface area contributed by atoms with Gasteiger partial charge in [-0.25, -0.2) is 0 Å². The molecule has 0 bridgehead atoms. The van der Waals surface area contributed by atoms with Gasteiger partial charge in [-0.2, -0.15) is 0 Å². The van der Waals surface area contributed by atoms with E-state index < -0.39 is 0 Å². The lowest BCUT2D eigenvalue weighted by Gasteiger charge is -2.10. The van der Waals surface area contributed by atoms with Gasteiger partial charge in [0.25, 0.3) is 5.91 Å². The molecule has 0 aliphatic rings. The summed E-state index contributed by atoms with van der Waals surface area (Å²) in [5.74, 6) is 0.782. The second-order valence-corrected chi connectivity index (χ2v) is 5.74. The minimum Gasteiger partial charge on any atom is -0.493 e. The van der Waals surface area contributed by atoms with Crippen LogP contribution in [-0.4, -0.2) is 32.6 Å². The molecule has 27 heavy (non-hydrogen) atoms. The highest BCUT2D eigenvalue weighted by molar-refractivity contribution is 6.03. The minimum atomic E-state index is -0.297. The highest BCUT2D eigenvalue weighted by atomic mass is 16.5. The number of hydrogen-bond donors (Lipinski definition) is 2. The molecule has 0 heterocycles. The van der Waals surface area contributed by atoms with Crippen LogP contribution in [0.3, 0.4) is 0 Å². The van der Waals surface area contributed by atoms with E-state index in [2.05, 4.69) is 10.6 Å². The summed E-state index contributed by atoms with van der Waals surface area (Å²) in [7, 11) is 3.14. The monoisotopic (exact) mass is 368 g/mol. The summed E-state index contributed by atoms with van der Waals surface area (Å²) in [4.78, 5) is 23.8. The van der Waals surface area contributed by atoms with E-state index in [1.807, 2.05) is 19.1 Å². The Hall–Kier alpha value is -3.28. The predicted molar refractivity (Wildman–Crippen MR) is 106 cm³/mol. The minimum absolute atomic E-state index is 0.209. The molecule has 0 aliphatic carbocycles. The first-order chi connectivity index (χ1) is 13.1. The summed E-state index contributed by atoms with van der Waals surface area (Å²) in [6.45, 7) is 2.65. The van der Waals surface area contributed by atoms with Crippen LogP contribution in [0.2, 0.25) is 0 Å². The standard InChI is InChI=1S/C21H24N2O4/c1-4-12-27-18-10-8-15(13-19(18)26-3)9-11-20(24)23-17-7-5-6-16(14-17)21(25)22-2/h5-11,13-14H,4,12H2,1-3H3,(H,22,25)(H,23,24)/b11-9+. The Morgan fingerprint density at radius 3 is 2.63 bits per heavy atom. The van der Waals surface area contributed by atoms with E-state index in [1.165, 1.54) is 6.08 Å². The third-order valence-electron chi connectivity index (χ3n) is 3.70. The lowest BCUT2D eigenvalue weighted by molar-refractivity contribution is -0.111. The molecule has 142 valence electrons. The van der Waals surface area contributed by atoms with E-state index in [1.54, 1.807) is 50.6 Å². The van der Waals surface area contributed by atoms with Gasteiger partial charge in [-0.1, -0.05) is 19.1 Å². The van der Waals surface area contributed by atoms with Crippen LogP contribution in [0.15, 0.2) is 48.5 Å². The van der Waals surface area contributed by atoms with Crippen molar-refractivity contribution in [2.45, 2.75) is 13.3 Å². The number of ether oxygens (including phenoxy) is 2. The Labute approximate surface area is 159 Å². The summed E-state index contributed by atoms with van der Waals surface area (Å²) in [5.41, 5.74) is 1.84. The first-order valence-electron chi connectivity index (χ1n) is 8.69. The Balaban J connectivity index is 2.05. The lowest BCUT2D eigenvalue weighted by Crippen LogP contribution is -2.18. The number of methoxy groups -OCH3 is 1. The Bertz CT molecular complexity index is 831. The van der Waals surface area contributed by atoms with E-state index >= 15 is 0 Å². The predicted octanol–water partition coefficient (Wildman–Crippen LogP) is 3.50.